The average molecular weight is 895 g/mol. The van der Waals surface area contributed by atoms with E-state index in [-0.39, 0.29) is 59.7 Å². The number of fused-ring (bicyclic) bond motifs is 8. The normalized spacial score (nSPS) is 21.9. The van der Waals surface area contributed by atoms with E-state index >= 15 is 0 Å². The van der Waals surface area contributed by atoms with Gasteiger partial charge in [-0.3, -0.25) is 14.4 Å². The van der Waals surface area contributed by atoms with Crippen LogP contribution in [0.3, 0.4) is 0 Å². The van der Waals surface area contributed by atoms with Gasteiger partial charge in [-0.25, -0.2) is 0 Å². The third kappa shape index (κ3) is 11.4. The number of ether oxygens (including phenoxy) is 2. The molecule has 1 N–H and O–H groups in total. The minimum atomic E-state index is -1.22. The van der Waals surface area contributed by atoms with Crippen LogP contribution in [0.15, 0.2) is 23.9 Å². The second-order valence-electron chi connectivity index (χ2n) is 18.7. The largest absolute Gasteiger partial charge is 2.00 e. The zero-order valence-corrected chi connectivity index (χ0v) is 41.9. The molecule has 0 radical (unpaired) electrons. The van der Waals surface area contributed by atoms with E-state index in [1.165, 1.54) is 64.0 Å². The summed E-state index contributed by atoms with van der Waals surface area (Å²) in [5.41, 5.74) is 7.99. The van der Waals surface area contributed by atoms with Gasteiger partial charge in [0.1, 0.15) is 12.5 Å². The molecule has 6 rings (SSSR count). The maximum absolute atomic E-state index is 14.4. The van der Waals surface area contributed by atoms with Gasteiger partial charge in [0.15, 0.2) is 5.78 Å². The van der Waals surface area contributed by atoms with E-state index in [1.807, 2.05) is 45.1 Å². The minimum Gasteiger partial charge on any atom is -0.681 e. The molecule has 3 aromatic heterocycles. The third-order valence-corrected chi connectivity index (χ3v) is 14.2. The zero-order chi connectivity index (χ0) is 46.2. The molecule has 6 atom stereocenters. The summed E-state index contributed by atoms with van der Waals surface area (Å²) in [7, 11) is 1.28. The molecule has 0 amide bonds. The van der Waals surface area contributed by atoms with Crippen molar-refractivity contribution >= 4 is 76.9 Å². The average Bonchev–Trinajstić information content (AvgIpc) is 4.02. The van der Waals surface area contributed by atoms with Crippen LogP contribution in [0.5, 0.6) is 0 Å². The van der Waals surface area contributed by atoms with Crippen LogP contribution in [-0.2, 0) is 25.5 Å². The van der Waals surface area contributed by atoms with Crippen LogP contribution >= 0.6 is 0 Å². The van der Waals surface area contributed by atoms with Crippen LogP contribution in [0.1, 0.15) is 168 Å². The standard InChI is InChI=1S/C54H70N4O6.Mg/c1-11-14-15-18-31(4)19-16-20-32(5)21-17-22-33(6)25-26-64-47(60)24-23-39-35(8)42-27-41-34(7)37(12-2)44(55-41)29-46-40(30-59)38(13-3)45(56-46)28-43-36(9)48-52(58-43)49(51(39)57-42)50(53(48)61)54(62)63-10;/h12,25,27-32,35,39,50-51H,2,11,13-24,26H2,1,3-10H3,(H,59,61);/q-4;+2/b33-25+,42-27-,46-29-;/t31-,32-,35+,39+,50-,51?;/m1./s1. The summed E-state index contributed by atoms with van der Waals surface area (Å²) < 4.78 is 11.0. The molecule has 11 heteroatoms. The van der Waals surface area contributed by atoms with Crippen molar-refractivity contribution in [2.45, 2.75) is 145 Å². The van der Waals surface area contributed by atoms with Gasteiger partial charge < -0.3 is 34.8 Å². The molecule has 3 aromatic rings. The molecule has 10 nitrogen and oxygen atoms in total. The number of aliphatic hydroxyl groups is 1. The zero-order valence-electron chi connectivity index (χ0n) is 40.5. The van der Waals surface area contributed by atoms with Crippen molar-refractivity contribution < 1.29 is 29.0 Å². The number of methoxy groups -OCH3 is 1. The second-order valence-corrected chi connectivity index (χ2v) is 18.7. The van der Waals surface area contributed by atoms with Crippen molar-refractivity contribution in [1.29, 1.82) is 0 Å². The molecule has 2 aliphatic heterocycles. The van der Waals surface area contributed by atoms with Crippen molar-refractivity contribution in [1.82, 2.24) is 15.0 Å². The molecule has 0 aromatic carbocycles. The summed E-state index contributed by atoms with van der Waals surface area (Å²) in [4.78, 5) is 56.4. The number of carbonyl (C=O) groups is 3. The number of carbonyl (C=O) groups excluding carboxylic acids is 3. The van der Waals surface area contributed by atoms with E-state index in [1.54, 1.807) is 6.08 Å². The van der Waals surface area contributed by atoms with Gasteiger partial charge >= 0.3 is 35.0 Å². The first-order valence-corrected chi connectivity index (χ1v) is 23.8. The number of nitrogens with zero attached hydrogens (tertiary/aromatic N) is 4. The van der Waals surface area contributed by atoms with Gasteiger partial charge in [0.2, 0.25) is 0 Å². The Morgan fingerprint density at radius 2 is 1.58 bits per heavy atom. The van der Waals surface area contributed by atoms with Gasteiger partial charge in [0.25, 0.3) is 0 Å². The van der Waals surface area contributed by atoms with Gasteiger partial charge in [-0.15, -0.1) is 33.1 Å². The quantitative estimate of drug-likeness (QED) is 0.0393. The smallest absolute Gasteiger partial charge is 0.681 e. The number of esters is 2. The number of rotatable bonds is 20. The minimum absolute atomic E-state index is 0. The van der Waals surface area contributed by atoms with Crippen LogP contribution in [0, 0.1) is 43.4 Å². The summed E-state index contributed by atoms with van der Waals surface area (Å²) >= 11 is 0. The molecule has 1 saturated heterocycles. The van der Waals surface area contributed by atoms with E-state index in [0.717, 1.165) is 47.4 Å². The van der Waals surface area contributed by atoms with Crippen LogP contribution in [0.2, 0.25) is 0 Å². The number of hydrogen-bond acceptors (Lipinski definition) is 6. The van der Waals surface area contributed by atoms with Gasteiger partial charge in [-0.05, 0) is 87.0 Å². The Balaban J connectivity index is 0.00000793. The number of ketones is 1. The summed E-state index contributed by atoms with van der Waals surface area (Å²) in [5, 5.41) is 17.9. The van der Waals surface area contributed by atoms with Crippen LogP contribution < -0.4 is 36.2 Å². The van der Waals surface area contributed by atoms with Crippen molar-refractivity contribution in [2.75, 3.05) is 13.7 Å². The fraction of sp³-hybridized carbons (Fsp3) is 0.537. The van der Waals surface area contributed by atoms with E-state index in [4.69, 9.17) is 29.7 Å². The Morgan fingerprint density at radius 3 is 2.25 bits per heavy atom. The Morgan fingerprint density at radius 1 is 0.892 bits per heavy atom. The Kier molecular flexibility index (Phi) is 18.5. The predicted molar refractivity (Wildman–Crippen MR) is 262 cm³/mol. The van der Waals surface area contributed by atoms with E-state index in [0.29, 0.717) is 73.8 Å². The SMILES string of the molecule is C=Cc1c2[n-]c(c1C)/C=C1\[N-]C(C3=c4[n-]/c(c(C)c4C(=O)[C@@H]3C(=O)OC)=C\c3[n-]c(/c(=C/O)c3CC)=C\2)[C@@H](CCC(=O)OC/C=C(\C)CCC[C@H](C)CCC[C@H](C)CCCCC)[C@@H]1C.[Mg+2]. The number of unbranched alkanes of at least 4 members (excludes halogenated alkanes) is 2. The van der Waals surface area contributed by atoms with Crippen molar-refractivity contribution in [3.05, 3.63) is 95.4 Å². The summed E-state index contributed by atoms with van der Waals surface area (Å²) in [5.74, 6) is -1.49. The number of allylic oxidation sites excluding steroid dienone is 2. The molecule has 1 unspecified atom stereocenters. The summed E-state index contributed by atoms with van der Waals surface area (Å²) in [6.45, 7) is 21.3. The maximum Gasteiger partial charge on any atom is 2.00 e. The molecule has 65 heavy (non-hydrogen) atoms. The van der Waals surface area contributed by atoms with Gasteiger partial charge in [-0.2, -0.15) is 5.70 Å². The van der Waals surface area contributed by atoms with Crippen LogP contribution in [0.4, 0.5) is 0 Å². The molecule has 0 saturated carbocycles. The molecule has 346 valence electrons. The van der Waals surface area contributed by atoms with Gasteiger partial charge in [0.05, 0.1) is 13.4 Å². The van der Waals surface area contributed by atoms with Crippen molar-refractivity contribution in [3.8, 4) is 0 Å². The van der Waals surface area contributed by atoms with E-state index in [2.05, 4.69) is 41.2 Å². The fourth-order valence-electron chi connectivity index (χ4n) is 10.2. The Hall–Kier alpha value is -4.48. The molecule has 8 bridgehead atoms. The first-order chi connectivity index (χ1) is 30.8. The van der Waals surface area contributed by atoms with Gasteiger partial charge in [0, 0.05) is 12.0 Å². The molecular formula is C54H70MgN4O6-2. The van der Waals surface area contributed by atoms with Crippen LogP contribution in [-0.4, -0.2) is 65.6 Å². The number of aliphatic hydroxyl groups excluding tert-OH is 1. The first kappa shape index (κ1) is 51.5. The second kappa shape index (κ2) is 23.3. The predicted octanol–water partition coefficient (Wildman–Crippen LogP) is 7.91. The molecule has 1 fully saturated rings. The number of Topliss-reactive ketones (excluding diaryl/α,β-unsaturated/α-hetero) is 1. The molecule has 1 aliphatic carbocycles. The maximum atomic E-state index is 14.4. The fourth-order valence-corrected chi connectivity index (χ4v) is 10.2. The Labute approximate surface area is 402 Å². The molecule has 0 spiro atoms. The first-order valence-electron chi connectivity index (χ1n) is 23.8. The van der Waals surface area contributed by atoms with E-state index < -0.39 is 17.9 Å². The van der Waals surface area contributed by atoms with E-state index in [9.17, 15) is 19.5 Å². The number of hydrogen-bond donors (Lipinski definition) is 1. The summed E-state index contributed by atoms with van der Waals surface area (Å²) in [6, 6.07) is -0.650. The Bertz CT molecular complexity index is 2530. The molecule has 5 heterocycles. The molecule has 3 aliphatic rings. The van der Waals surface area contributed by atoms with Crippen molar-refractivity contribution in [3.63, 3.8) is 0 Å². The summed E-state index contributed by atoms with van der Waals surface area (Å²) in [6.07, 6.45) is 24.2. The third-order valence-electron chi connectivity index (χ3n) is 14.2. The number of aromatic nitrogens is 3. The van der Waals surface area contributed by atoms with Crippen LogP contribution in [0.25, 0.3) is 41.5 Å². The molecular weight excluding hydrogens is 825 g/mol. The van der Waals surface area contributed by atoms with Gasteiger partial charge in [-0.1, -0.05) is 151 Å². The topological polar surface area (TPSA) is 146 Å². The monoisotopic (exact) mass is 895 g/mol. The van der Waals surface area contributed by atoms with Crippen molar-refractivity contribution in [2.24, 2.45) is 29.6 Å².